The Morgan fingerprint density at radius 1 is 1.67 bits per heavy atom. The lowest BCUT2D eigenvalue weighted by Gasteiger charge is -2.09. The van der Waals surface area contributed by atoms with Gasteiger partial charge in [0.25, 0.3) is 5.91 Å². The number of aromatic nitrogens is 2. The van der Waals surface area contributed by atoms with Crippen molar-refractivity contribution in [1.82, 2.24) is 15.5 Å². The Labute approximate surface area is 106 Å². The summed E-state index contributed by atoms with van der Waals surface area (Å²) in [5.41, 5.74) is 2.02. The number of oxime groups is 1. The summed E-state index contributed by atoms with van der Waals surface area (Å²) in [7, 11) is 0. The number of hydrogen-bond acceptors (Lipinski definition) is 4. The Balaban J connectivity index is 1.70. The molecule has 6 nitrogen and oxygen atoms in total. The Morgan fingerprint density at radius 3 is 3.11 bits per heavy atom. The van der Waals surface area contributed by atoms with Gasteiger partial charge in [-0.2, -0.15) is 5.10 Å². The van der Waals surface area contributed by atoms with Crippen LogP contribution >= 0.6 is 0 Å². The molecule has 1 amide bonds. The third kappa shape index (κ3) is 3.09. The second-order valence-corrected chi connectivity index (χ2v) is 4.68. The predicted molar refractivity (Wildman–Crippen MR) is 67.1 cm³/mol. The van der Waals surface area contributed by atoms with Crippen molar-refractivity contribution in [1.29, 1.82) is 0 Å². The highest BCUT2D eigenvalue weighted by Gasteiger charge is 2.28. The van der Waals surface area contributed by atoms with Crippen molar-refractivity contribution in [2.24, 2.45) is 11.1 Å². The zero-order chi connectivity index (χ0) is 13.0. The van der Waals surface area contributed by atoms with Crippen molar-refractivity contribution < 1.29 is 9.63 Å². The van der Waals surface area contributed by atoms with Gasteiger partial charge in [0.05, 0.1) is 11.9 Å². The van der Waals surface area contributed by atoms with Crippen molar-refractivity contribution in [3.8, 4) is 0 Å². The van der Waals surface area contributed by atoms with Gasteiger partial charge in [0.15, 0.2) is 0 Å². The molecule has 6 heteroatoms. The smallest absolute Gasteiger partial charge is 0.264 e. The predicted octanol–water partition coefficient (Wildman–Crippen LogP) is 0.869. The monoisotopic (exact) mass is 250 g/mol. The molecule has 0 radical (unpaired) electrons. The van der Waals surface area contributed by atoms with Crippen LogP contribution in [0.4, 0.5) is 0 Å². The fraction of sp³-hybridized carbons (Fsp3) is 0.583. The summed E-state index contributed by atoms with van der Waals surface area (Å²) in [5.74, 6) is 0.228. The first-order valence-corrected chi connectivity index (χ1v) is 6.14. The van der Waals surface area contributed by atoms with Crippen LogP contribution < -0.4 is 5.32 Å². The zero-order valence-corrected chi connectivity index (χ0v) is 10.6. The normalized spacial score (nSPS) is 18.6. The fourth-order valence-corrected chi connectivity index (χ4v) is 1.74. The number of aromatic amines is 1. The molecular formula is C12H18N4O2. The number of nitrogens with zero attached hydrogens (tertiary/aromatic N) is 2. The van der Waals surface area contributed by atoms with Gasteiger partial charge in [-0.1, -0.05) is 19.0 Å². The molecule has 0 aliphatic carbocycles. The number of carbonyl (C=O) groups excluding carboxylic acids is 1. The lowest BCUT2D eigenvalue weighted by Crippen LogP contribution is -2.36. The minimum Gasteiger partial charge on any atom is -0.382 e. The molecule has 18 heavy (non-hydrogen) atoms. The van der Waals surface area contributed by atoms with Gasteiger partial charge in [0, 0.05) is 19.2 Å². The summed E-state index contributed by atoms with van der Waals surface area (Å²) in [6, 6.07) is 0. The van der Waals surface area contributed by atoms with Crippen LogP contribution in [0.5, 0.6) is 0 Å². The summed E-state index contributed by atoms with van der Waals surface area (Å²) >= 11 is 0. The molecular weight excluding hydrogens is 232 g/mol. The molecule has 2 rings (SSSR count). The van der Waals surface area contributed by atoms with Crippen LogP contribution in [0.25, 0.3) is 0 Å². The van der Waals surface area contributed by atoms with Crippen LogP contribution in [0.15, 0.2) is 17.5 Å². The molecule has 1 aromatic rings. The van der Waals surface area contributed by atoms with Gasteiger partial charge in [-0.15, -0.1) is 0 Å². The highest BCUT2D eigenvalue weighted by atomic mass is 16.6. The summed E-state index contributed by atoms with van der Waals surface area (Å²) in [4.78, 5) is 16.9. The fourth-order valence-electron chi connectivity index (χ4n) is 1.74. The van der Waals surface area contributed by atoms with E-state index in [9.17, 15) is 4.79 Å². The van der Waals surface area contributed by atoms with E-state index in [2.05, 4.69) is 20.7 Å². The molecule has 1 atom stereocenters. The maximum atomic E-state index is 11.8. The van der Waals surface area contributed by atoms with E-state index in [1.54, 1.807) is 6.20 Å². The molecule has 0 bridgehead atoms. The summed E-state index contributed by atoms with van der Waals surface area (Å²) in [6.45, 7) is 4.66. The molecule has 1 aliphatic heterocycles. The van der Waals surface area contributed by atoms with Crippen LogP contribution in [0.3, 0.4) is 0 Å². The van der Waals surface area contributed by atoms with E-state index in [1.165, 1.54) is 0 Å². The molecule has 0 saturated heterocycles. The standard InChI is InChI=1S/C12H18N4O2/c1-8(2)10-5-11(18-16-10)12(17)13-4-3-9-6-14-15-7-9/h6-8,11H,3-5H2,1-2H3,(H,13,17)(H,14,15). The molecule has 1 aromatic heterocycles. The molecule has 0 spiro atoms. The quantitative estimate of drug-likeness (QED) is 0.813. The van der Waals surface area contributed by atoms with E-state index in [0.29, 0.717) is 18.9 Å². The van der Waals surface area contributed by atoms with Gasteiger partial charge in [-0.05, 0) is 17.9 Å². The van der Waals surface area contributed by atoms with Crippen LogP contribution in [0, 0.1) is 5.92 Å². The van der Waals surface area contributed by atoms with Crippen molar-refractivity contribution in [2.45, 2.75) is 32.8 Å². The zero-order valence-electron chi connectivity index (χ0n) is 10.6. The number of nitrogens with one attached hydrogen (secondary N) is 2. The molecule has 1 unspecified atom stereocenters. The minimum atomic E-state index is -0.466. The Morgan fingerprint density at radius 2 is 2.50 bits per heavy atom. The average Bonchev–Trinajstić information content (AvgIpc) is 2.99. The van der Waals surface area contributed by atoms with Crippen LogP contribution in [-0.2, 0) is 16.1 Å². The highest BCUT2D eigenvalue weighted by molar-refractivity contribution is 5.93. The first kappa shape index (κ1) is 12.6. The molecule has 0 fully saturated rings. The van der Waals surface area contributed by atoms with Gasteiger partial charge in [-0.3, -0.25) is 9.89 Å². The minimum absolute atomic E-state index is 0.0992. The van der Waals surface area contributed by atoms with Crippen molar-refractivity contribution in [2.75, 3.05) is 6.54 Å². The molecule has 1 aliphatic rings. The summed E-state index contributed by atoms with van der Waals surface area (Å²) < 4.78 is 0. The van der Waals surface area contributed by atoms with Gasteiger partial charge < -0.3 is 10.2 Å². The van der Waals surface area contributed by atoms with Crippen LogP contribution in [0.1, 0.15) is 25.8 Å². The third-order valence-electron chi connectivity index (χ3n) is 2.92. The van der Waals surface area contributed by atoms with Gasteiger partial charge in [0.1, 0.15) is 0 Å². The first-order chi connectivity index (χ1) is 8.66. The topological polar surface area (TPSA) is 79.4 Å². The SMILES string of the molecule is CC(C)C1=NOC(C(=O)NCCc2cn[nH]c2)C1. The van der Waals surface area contributed by atoms with E-state index in [4.69, 9.17) is 4.84 Å². The van der Waals surface area contributed by atoms with Gasteiger partial charge in [-0.25, -0.2) is 0 Å². The number of hydrogen-bond donors (Lipinski definition) is 2. The van der Waals surface area contributed by atoms with Crippen molar-refractivity contribution in [3.63, 3.8) is 0 Å². The average molecular weight is 250 g/mol. The molecule has 0 aromatic carbocycles. The van der Waals surface area contributed by atoms with Crippen LogP contribution in [0.2, 0.25) is 0 Å². The summed E-state index contributed by atoms with van der Waals surface area (Å²) in [6.07, 6.45) is 4.45. The van der Waals surface area contributed by atoms with Crippen molar-refractivity contribution in [3.05, 3.63) is 18.0 Å². The highest BCUT2D eigenvalue weighted by Crippen LogP contribution is 2.15. The van der Waals surface area contributed by atoms with E-state index >= 15 is 0 Å². The second kappa shape index (κ2) is 5.66. The van der Waals surface area contributed by atoms with E-state index in [-0.39, 0.29) is 5.91 Å². The number of amides is 1. The Kier molecular flexibility index (Phi) is 3.96. The molecule has 2 N–H and O–H groups in total. The molecule has 0 saturated carbocycles. The number of H-pyrrole nitrogens is 1. The number of carbonyl (C=O) groups is 1. The third-order valence-corrected chi connectivity index (χ3v) is 2.92. The van der Waals surface area contributed by atoms with Gasteiger partial charge in [0.2, 0.25) is 6.10 Å². The molecule has 98 valence electrons. The molecule has 2 heterocycles. The van der Waals surface area contributed by atoms with E-state index in [1.807, 2.05) is 20.0 Å². The maximum Gasteiger partial charge on any atom is 0.264 e. The van der Waals surface area contributed by atoms with Crippen LogP contribution in [-0.4, -0.2) is 34.5 Å². The number of rotatable bonds is 5. The van der Waals surface area contributed by atoms with Gasteiger partial charge >= 0.3 is 0 Å². The second-order valence-electron chi connectivity index (χ2n) is 4.68. The van der Waals surface area contributed by atoms with E-state index in [0.717, 1.165) is 17.7 Å². The summed E-state index contributed by atoms with van der Waals surface area (Å²) in [5, 5.41) is 13.4. The largest absolute Gasteiger partial charge is 0.382 e. The Hall–Kier alpha value is -1.85. The Bertz CT molecular complexity index is 425. The lowest BCUT2D eigenvalue weighted by atomic mass is 10.0. The first-order valence-electron chi connectivity index (χ1n) is 6.14. The maximum absolute atomic E-state index is 11.8. The lowest BCUT2D eigenvalue weighted by molar-refractivity contribution is -0.131. The van der Waals surface area contributed by atoms with Crippen molar-refractivity contribution >= 4 is 11.6 Å². The van der Waals surface area contributed by atoms with E-state index < -0.39 is 6.10 Å².